The van der Waals surface area contributed by atoms with Gasteiger partial charge in [-0.25, -0.2) is 9.67 Å². The van der Waals surface area contributed by atoms with E-state index in [0.717, 1.165) is 25.6 Å². The molecule has 3 aromatic rings. The van der Waals surface area contributed by atoms with Crippen LogP contribution in [0.3, 0.4) is 0 Å². The molecule has 11 heteroatoms. The highest BCUT2D eigenvalue weighted by Gasteiger charge is 2.48. The Morgan fingerprint density at radius 2 is 2.15 bits per heavy atom. The zero-order valence-electron chi connectivity index (χ0n) is 14.1. The van der Waals surface area contributed by atoms with Gasteiger partial charge < -0.3 is 0 Å². The molecular formula is C16H14F3N5OS2. The molecule has 0 saturated heterocycles. The summed E-state index contributed by atoms with van der Waals surface area (Å²) in [6, 6.07) is 5.25. The average Bonchev–Trinajstić information content (AvgIpc) is 3.24. The number of alkyl halides is 3. The number of para-hydroxylation sites is 1. The highest BCUT2D eigenvalue weighted by molar-refractivity contribution is 8.01. The lowest BCUT2D eigenvalue weighted by Crippen LogP contribution is -2.49. The van der Waals surface area contributed by atoms with Crippen molar-refractivity contribution < 1.29 is 18.0 Å². The number of amides is 1. The molecule has 0 unspecified atom stereocenters. The maximum Gasteiger partial charge on any atom is 0.411 e. The van der Waals surface area contributed by atoms with Crippen molar-refractivity contribution in [2.24, 2.45) is 0 Å². The molecule has 0 bridgehead atoms. The summed E-state index contributed by atoms with van der Waals surface area (Å²) in [5.74, 6) is -0.319. The van der Waals surface area contributed by atoms with E-state index in [2.05, 4.69) is 15.1 Å². The number of rotatable bonds is 3. The van der Waals surface area contributed by atoms with E-state index >= 15 is 0 Å². The third kappa shape index (κ3) is 3.41. The molecule has 27 heavy (non-hydrogen) atoms. The van der Waals surface area contributed by atoms with Gasteiger partial charge in [-0.2, -0.15) is 23.3 Å². The van der Waals surface area contributed by atoms with Crippen LogP contribution < -0.4 is 4.90 Å². The Bertz CT molecular complexity index is 953. The Labute approximate surface area is 160 Å². The number of aromatic nitrogens is 4. The maximum atomic E-state index is 13.3. The van der Waals surface area contributed by atoms with Gasteiger partial charge in [-0.15, -0.1) is 11.3 Å². The number of benzene rings is 1. The normalized spacial score (nSPS) is 20.1. The lowest BCUT2D eigenvalue weighted by molar-refractivity contribution is -0.174. The first-order chi connectivity index (χ1) is 12.8. The zero-order valence-corrected chi connectivity index (χ0v) is 15.7. The number of thioether (sulfide) groups is 1. The Balaban J connectivity index is 1.53. The number of halogens is 3. The fourth-order valence-corrected chi connectivity index (χ4v) is 5.02. The van der Waals surface area contributed by atoms with Gasteiger partial charge in [-0.05, 0) is 25.5 Å². The summed E-state index contributed by atoms with van der Waals surface area (Å²) in [5, 5.41) is 3.69. The minimum absolute atomic E-state index is 0.0632. The quantitative estimate of drug-likeness (QED) is 0.609. The van der Waals surface area contributed by atoms with Gasteiger partial charge in [0.15, 0.2) is 10.4 Å². The second-order valence-corrected chi connectivity index (χ2v) is 8.40. The first kappa shape index (κ1) is 18.2. The van der Waals surface area contributed by atoms with Gasteiger partial charge >= 0.3 is 6.18 Å². The minimum Gasteiger partial charge on any atom is -0.277 e. The molecule has 3 heterocycles. The molecule has 0 spiro atoms. The van der Waals surface area contributed by atoms with Crippen molar-refractivity contribution in [1.29, 1.82) is 0 Å². The molecule has 0 radical (unpaired) electrons. The van der Waals surface area contributed by atoms with Crippen molar-refractivity contribution in [2.45, 2.75) is 35.9 Å². The number of carbonyl (C=O) groups is 1. The standard InChI is InChI=1S/C16H14F3N5OS2/c1-9-6-12(16(17,18)19)24-14(20-8-21-24)23(9)13(25)7-26-15-22-10-4-2-3-5-11(10)27-15/h2-5,8-9,12H,6-7H2,1H3/t9-,12+/m1/s1. The Hall–Kier alpha value is -2.14. The van der Waals surface area contributed by atoms with Crippen LogP contribution in [0.4, 0.5) is 19.1 Å². The molecule has 0 fully saturated rings. The third-order valence-corrected chi connectivity index (χ3v) is 6.47. The van der Waals surface area contributed by atoms with Crippen molar-refractivity contribution in [3.05, 3.63) is 30.6 Å². The Kier molecular flexibility index (Phi) is 4.58. The summed E-state index contributed by atoms with van der Waals surface area (Å²) in [5.41, 5.74) is 0.858. The van der Waals surface area contributed by atoms with Gasteiger partial charge in [0.05, 0.1) is 16.0 Å². The molecule has 4 rings (SSSR count). The first-order valence-corrected chi connectivity index (χ1v) is 9.91. The molecule has 2 aromatic heterocycles. The molecule has 2 atom stereocenters. The fraction of sp³-hybridized carbons (Fsp3) is 0.375. The summed E-state index contributed by atoms with van der Waals surface area (Å²) in [6.07, 6.45) is -3.65. The van der Waals surface area contributed by atoms with Crippen LogP contribution >= 0.6 is 23.1 Å². The number of fused-ring (bicyclic) bond motifs is 2. The van der Waals surface area contributed by atoms with Gasteiger partial charge in [0.1, 0.15) is 6.33 Å². The SMILES string of the molecule is C[C@@H]1C[C@@H](C(F)(F)F)n2ncnc2N1C(=O)CSc1nc2ccccc2s1. The van der Waals surface area contributed by atoms with Gasteiger partial charge in [-0.1, -0.05) is 23.9 Å². The van der Waals surface area contributed by atoms with Crippen LogP contribution in [-0.2, 0) is 4.79 Å². The molecule has 6 nitrogen and oxygen atoms in total. The highest BCUT2D eigenvalue weighted by Crippen LogP contribution is 2.40. The van der Waals surface area contributed by atoms with Crippen LogP contribution in [0.1, 0.15) is 19.4 Å². The maximum absolute atomic E-state index is 13.3. The van der Waals surface area contributed by atoms with E-state index in [-0.39, 0.29) is 24.0 Å². The number of carbonyl (C=O) groups excluding carboxylic acids is 1. The molecule has 0 saturated carbocycles. The van der Waals surface area contributed by atoms with E-state index in [1.165, 1.54) is 28.0 Å². The number of hydrogen-bond acceptors (Lipinski definition) is 6. The van der Waals surface area contributed by atoms with E-state index in [4.69, 9.17) is 0 Å². The summed E-state index contributed by atoms with van der Waals surface area (Å²) in [4.78, 5) is 22.4. The monoisotopic (exact) mass is 413 g/mol. The fourth-order valence-electron chi connectivity index (χ4n) is 3.10. The molecular weight excluding hydrogens is 399 g/mol. The summed E-state index contributed by atoms with van der Waals surface area (Å²) >= 11 is 2.75. The van der Waals surface area contributed by atoms with Crippen molar-refractivity contribution in [1.82, 2.24) is 19.7 Å². The smallest absolute Gasteiger partial charge is 0.277 e. The van der Waals surface area contributed by atoms with Crippen molar-refractivity contribution >= 4 is 45.2 Å². The highest BCUT2D eigenvalue weighted by atomic mass is 32.2. The third-order valence-electron chi connectivity index (χ3n) is 4.31. The molecule has 1 aliphatic rings. The summed E-state index contributed by atoms with van der Waals surface area (Å²) < 4.78 is 42.4. The van der Waals surface area contributed by atoms with E-state index in [9.17, 15) is 18.0 Å². The number of nitrogens with zero attached hydrogens (tertiary/aromatic N) is 5. The van der Waals surface area contributed by atoms with Crippen molar-refractivity contribution in [2.75, 3.05) is 10.7 Å². The van der Waals surface area contributed by atoms with Gasteiger partial charge in [0.2, 0.25) is 11.9 Å². The van der Waals surface area contributed by atoms with Crippen LogP contribution in [-0.4, -0.2) is 43.6 Å². The average molecular weight is 413 g/mol. The Morgan fingerprint density at radius 3 is 2.89 bits per heavy atom. The second kappa shape index (κ2) is 6.79. The van der Waals surface area contributed by atoms with Crippen molar-refractivity contribution in [3.8, 4) is 0 Å². The number of thiazole rings is 1. The number of hydrogen-bond donors (Lipinski definition) is 0. The molecule has 1 aliphatic heterocycles. The molecule has 1 amide bonds. The topological polar surface area (TPSA) is 63.9 Å². The molecule has 0 N–H and O–H groups in total. The summed E-state index contributed by atoms with van der Waals surface area (Å²) in [7, 11) is 0. The van der Waals surface area contributed by atoms with Crippen LogP contribution in [0.5, 0.6) is 0 Å². The Morgan fingerprint density at radius 1 is 1.37 bits per heavy atom. The molecule has 1 aromatic carbocycles. The van der Waals surface area contributed by atoms with E-state index < -0.39 is 18.3 Å². The van der Waals surface area contributed by atoms with Crippen LogP contribution in [0.2, 0.25) is 0 Å². The van der Waals surface area contributed by atoms with Crippen molar-refractivity contribution in [3.63, 3.8) is 0 Å². The second-order valence-electron chi connectivity index (χ2n) is 6.15. The van der Waals surface area contributed by atoms with Crippen LogP contribution in [0, 0.1) is 0 Å². The van der Waals surface area contributed by atoms with Crippen LogP contribution in [0.25, 0.3) is 10.2 Å². The lowest BCUT2D eigenvalue weighted by Gasteiger charge is -2.37. The molecule has 142 valence electrons. The largest absolute Gasteiger partial charge is 0.411 e. The summed E-state index contributed by atoms with van der Waals surface area (Å²) in [6.45, 7) is 1.59. The van der Waals surface area contributed by atoms with E-state index in [1.807, 2.05) is 24.3 Å². The van der Waals surface area contributed by atoms with E-state index in [1.54, 1.807) is 6.92 Å². The predicted octanol–water partition coefficient (Wildman–Crippen LogP) is 3.91. The number of anilines is 1. The van der Waals surface area contributed by atoms with Gasteiger partial charge in [0.25, 0.3) is 0 Å². The van der Waals surface area contributed by atoms with Gasteiger partial charge in [0, 0.05) is 6.04 Å². The van der Waals surface area contributed by atoms with E-state index in [0.29, 0.717) is 0 Å². The predicted molar refractivity (Wildman–Crippen MR) is 97.0 cm³/mol. The van der Waals surface area contributed by atoms with Crippen LogP contribution in [0.15, 0.2) is 34.9 Å². The first-order valence-electron chi connectivity index (χ1n) is 8.11. The van der Waals surface area contributed by atoms with Gasteiger partial charge in [-0.3, -0.25) is 9.69 Å². The minimum atomic E-state index is -4.44. The zero-order chi connectivity index (χ0) is 19.2. The molecule has 0 aliphatic carbocycles. The lowest BCUT2D eigenvalue weighted by atomic mass is 10.0.